The van der Waals surface area contributed by atoms with E-state index in [0.717, 1.165) is 62.2 Å². The number of carbonyl (C=O) groups excluding carboxylic acids is 3. The molecule has 0 fully saturated rings. The van der Waals surface area contributed by atoms with Crippen LogP contribution in [0.25, 0.3) is 0 Å². The number of carboxylic acid groups (broad SMARTS) is 1. The zero-order valence-corrected chi connectivity index (χ0v) is 26.2. The van der Waals surface area contributed by atoms with Crippen molar-refractivity contribution < 1.29 is 24.3 Å². The first-order chi connectivity index (χ1) is 18.1. The molecule has 1 N–H and O–H groups in total. The lowest BCUT2D eigenvalue weighted by Crippen LogP contribution is -2.09. The number of unbranched alkanes of at least 4 members (excludes halogenated alkanes) is 7. The Bertz CT molecular complexity index is 850. The van der Waals surface area contributed by atoms with E-state index in [1.54, 1.807) is 24.3 Å². The maximum absolute atomic E-state index is 12.4. The summed E-state index contributed by atoms with van der Waals surface area (Å²) in [6.45, 7) is 4.27. The van der Waals surface area contributed by atoms with Crippen LogP contribution in [0, 0.1) is 0 Å². The molecule has 0 bridgehead atoms. The summed E-state index contributed by atoms with van der Waals surface area (Å²) in [7, 11) is 0. The van der Waals surface area contributed by atoms with Crippen LogP contribution in [-0.2, 0) is 9.59 Å². The monoisotopic (exact) mass is 600 g/mol. The second-order valence-corrected chi connectivity index (χ2v) is 14.6. The number of hydrogen-bond acceptors (Lipinski definition) is 8. The van der Waals surface area contributed by atoms with Crippen molar-refractivity contribution in [3.63, 3.8) is 0 Å². The van der Waals surface area contributed by atoms with Gasteiger partial charge in [-0.25, -0.2) is 0 Å². The zero-order chi connectivity index (χ0) is 28.2. The SMILES string of the molecule is CC(C)(S)CCCCCCSC(=O)c1ccc(C(=O)SCCCCCCSC(=O)CCCCC(=O)O)cc1. The minimum atomic E-state index is -0.814. The molecule has 9 heteroatoms. The molecular weight excluding hydrogens is 557 g/mol. The van der Waals surface area contributed by atoms with E-state index in [9.17, 15) is 19.2 Å². The fourth-order valence-corrected chi connectivity index (χ4v) is 6.31. The van der Waals surface area contributed by atoms with Crippen LogP contribution >= 0.6 is 47.9 Å². The number of carbonyl (C=O) groups is 4. The van der Waals surface area contributed by atoms with Crippen molar-refractivity contribution >= 4 is 69.2 Å². The standard InChI is InChI=1S/C29H44O5S4/c1-29(2,35)19-9-3-4-11-21-37-27(33)23-15-17-24(18-16-23)28(34)38-22-12-6-5-10-20-36-26(32)14-8-7-13-25(30)31/h15-18,35H,3-14,19-22H2,1-2H3,(H,30,31). The Balaban J connectivity index is 2.09. The molecule has 0 unspecified atom stereocenters. The van der Waals surface area contributed by atoms with Crippen molar-refractivity contribution in [2.24, 2.45) is 0 Å². The molecule has 0 spiro atoms. The number of benzene rings is 1. The lowest BCUT2D eigenvalue weighted by Gasteiger charge is -2.16. The summed E-state index contributed by atoms with van der Waals surface area (Å²) in [4.78, 5) is 47.1. The summed E-state index contributed by atoms with van der Waals surface area (Å²) >= 11 is 8.56. The maximum Gasteiger partial charge on any atom is 0.303 e. The predicted octanol–water partition coefficient (Wildman–Crippen LogP) is 8.56. The average molecular weight is 601 g/mol. The molecule has 0 aliphatic carbocycles. The van der Waals surface area contributed by atoms with Crippen molar-refractivity contribution in [3.05, 3.63) is 35.4 Å². The minimum absolute atomic E-state index is 0.0325. The number of aliphatic carboxylic acids is 1. The van der Waals surface area contributed by atoms with E-state index in [-0.39, 0.29) is 26.5 Å². The molecular formula is C29H44O5S4. The van der Waals surface area contributed by atoms with E-state index >= 15 is 0 Å². The summed E-state index contributed by atoms with van der Waals surface area (Å²) < 4.78 is 0.0915. The van der Waals surface area contributed by atoms with Gasteiger partial charge in [0.2, 0.25) is 10.2 Å². The molecule has 0 radical (unpaired) electrons. The van der Waals surface area contributed by atoms with E-state index in [4.69, 9.17) is 5.11 Å². The lowest BCUT2D eigenvalue weighted by molar-refractivity contribution is -0.137. The van der Waals surface area contributed by atoms with Gasteiger partial charge in [0.05, 0.1) is 0 Å². The third kappa shape index (κ3) is 19.2. The lowest BCUT2D eigenvalue weighted by atomic mass is 10.0. The Morgan fingerprint density at radius 3 is 1.53 bits per heavy atom. The van der Waals surface area contributed by atoms with Crippen molar-refractivity contribution in [1.82, 2.24) is 0 Å². The van der Waals surface area contributed by atoms with Crippen LogP contribution in [0.15, 0.2) is 24.3 Å². The van der Waals surface area contributed by atoms with Gasteiger partial charge in [0.25, 0.3) is 0 Å². The summed E-state index contributed by atoms with van der Waals surface area (Å²) in [5.74, 6) is 1.56. The Labute approximate surface area is 247 Å². The molecule has 38 heavy (non-hydrogen) atoms. The predicted molar refractivity (Wildman–Crippen MR) is 168 cm³/mol. The van der Waals surface area contributed by atoms with Gasteiger partial charge in [0.1, 0.15) is 0 Å². The first-order valence-electron chi connectivity index (χ1n) is 13.6. The van der Waals surface area contributed by atoms with Gasteiger partial charge in [-0.15, -0.1) is 0 Å². The number of hydrogen-bond donors (Lipinski definition) is 2. The topological polar surface area (TPSA) is 88.5 Å². The van der Waals surface area contributed by atoms with Gasteiger partial charge in [-0.05, 0) is 62.8 Å². The van der Waals surface area contributed by atoms with Crippen LogP contribution in [0.5, 0.6) is 0 Å². The molecule has 0 aliphatic rings. The summed E-state index contributed by atoms with van der Waals surface area (Å²) in [6, 6.07) is 7.00. The Kier molecular flexibility index (Phi) is 19.3. The first kappa shape index (κ1) is 35.1. The molecule has 1 rings (SSSR count). The molecule has 0 saturated carbocycles. The van der Waals surface area contributed by atoms with Crippen LogP contribution in [-0.4, -0.2) is 48.4 Å². The van der Waals surface area contributed by atoms with Crippen LogP contribution < -0.4 is 0 Å². The van der Waals surface area contributed by atoms with Gasteiger partial charge >= 0.3 is 5.97 Å². The molecule has 0 heterocycles. The first-order valence-corrected chi connectivity index (χ1v) is 17.0. The number of carboxylic acids is 1. The van der Waals surface area contributed by atoms with Crippen molar-refractivity contribution in [2.45, 2.75) is 102 Å². The van der Waals surface area contributed by atoms with E-state index in [2.05, 4.69) is 26.5 Å². The van der Waals surface area contributed by atoms with Gasteiger partial charge in [-0.2, -0.15) is 12.6 Å². The van der Waals surface area contributed by atoms with Crippen LogP contribution in [0.3, 0.4) is 0 Å². The third-order valence-electron chi connectivity index (χ3n) is 5.83. The zero-order valence-electron chi connectivity index (χ0n) is 22.9. The molecule has 214 valence electrons. The molecule has 5 nitrogen and oxygen atoms in total. The second kappa shape index (κ2) is 20.9. The van der Waals surface area contributed by atoms with E-state index in [1.807, 2.05) is 0 Å². The number of thioether (sulfide) groups is 3. The van der Waals surface area contributed by atoms with Gasteiger partial charge < -0.3 is 5.11 Å². The van der Waals surface area contributed by atoms with E-state index in [0.29, 0.717) is 30.4 Å². The molecule has 0 atom stereocenters. The minimum Gasteiger partial charge on any atom is -0.481 e. The highest BCUT2D eigenvalue weighted by Crippen LogP contribution is 2.22. The third-order valence-corrected chi connectivity index (χ3v) is 9.05. The van der Waals surface area contributed by atoms with E-state index < -0.39 is 5.97 Å². The molecule has 1 aromatic carbocycles. The van der Waals surface area contributed by atoms with Crippen molar-refractivity contribution in [3.8, 4) is 0 Å². The smallest absolute Gasteiger partial charge is 0.303 e. The Morgan fingerprint density at radius 2 is 1.08 bits per heavy atom. The molecule has 0 aromatic heterocycles. The van der Waals surface area contributed by atoms with Crippen LogP contribution in [0.4, 0.5) is 0 Å². The fourth-order valence-electron chi connectivity index (χ4n) is 3.61. The largest absolute Gasteiger partial charge is 0.481 e. The van der Waals surface area contributed by atoms with Crippen molar-refractivity contribution in [2.75, 3.05) is 17.3 Å². The highest BCUT2D eigenvalue weighted by molar-refractivity contribution is 8.14. The summed E-state index contributed by atoms with van der Waals surface area (Å²) in [5.41, 5.74) is 1.27. The highest BCUT2D eigenvalue weighted by Gasteiger charge is 2.12. The maximum atomic E-state index is 12.4. The quantitative estimate of drug-likeness (QED) is 0.107. The van der Waals surface area contributed by atoms with Gasteiger partial charge in [-0.3, -0.25) is 19.2 Å². The summed E-state index contributed by atoms with van der Waals surface area (Å²) in [6.07, 6.45) is 11.3. The number of thiol groups is 1. The molecule has 0 aliphatic heterocycles. The Morgan fingerprint density at radius 1 is 0.658 bits per heavy atom. The number of rotatable bonds is 21. The second-order valence-electron chi connectivity index (χ2n) is 10.1. The van der Waals surface area contributed by atoms with Crippen LogP contribution in [0.1, 0.15) is 118 Å². The van der Waals surface area contributed by atoms with Gasteiger partial charge in [0.15, 0.2) is 5.12 Å². The normalized spacial score (nSPS) is 11.4. The van der Waals surface area contributed by atoms with Gasteiger partial charge in [0, 0.05) is 46.0 Å². The van der Waals surface area contributed by atoms with E-state index in [1.165, 1.54) is 48.1 Å². The summed E-state index contributed by atoms with van der Waals surface area (Å²) in [5, 5.41) is 8.83. The highest BCUT2D eigenvalue weighted by atomic mass is 32.2. The Hall–Kier alpha value is -0.900. The fraction of sp³-hybridized carbons (Fsp3) is 0.655. The average Bonchev–Trinajstić information content (AvgIpc) is 2.86. The molecule has 0 saturated heterocycles. The van der Waals surface area contributed by atoms with Crippen molar-refractivity contribution in [1.29, 1.82) is 0 Å². The van der Waals surface area contributed by atoms with Gasteiger partial charge in [-0.1, -0.05) is 81.2 Å². The molecule has 1 aromatic rings. The molecule has 0 amide bonds. The van der Waals surface area contributed by atoms with Crippen LogP contribution in [0.2, 0.25) is 0 Å².